The Hall–Kier alpha value is -1.75. The van der Waals surface area contributed by atoms with Gasteiger partial charge in [-0.15, -0.1) is 0 Å². The van der Waals surface area contributed by atoms with Crippen LogP contribution in [-0.2, 0) is 0 Å². The van der Waals surface area contributed by atoms with E-state index in [9.17, 15) is 9.90 Å². The van der Waals surface area contributed by atoms with Gasteiger partial charge >= 0.3 is 0 Å². The van der Waals surface area contributed by atoms with Crippen molar-refractivity contribution >= 4 is 17.3 Å². The molecule has 2 rings (SSSR count). The minimum Gasteiger partial charge on any atom is -0.399 e. The smallest absolute Gasteiger partial charge is 0.253 e. The molecule has 5 nitrogen and oxygen atoms in total. The summed E-state index contributed by atoms with van der Waals surface area (Å²) in [4.78, 5) is 14.0. The number of rotatable bonds is 5. The van der Waals surface area contributed by atoms with Gasteiger partial charge in [-0.05, 0) is 37.5 Å². The molecule has 0 bridgehead atoms. The van der Waals surface area contributed by atoms with E-state index >= 15 is 0 Å². The molecule has 1 aliphatic carbocycles. The molecule has 1 aromatic carbocycles. The molecule has 0 spiro atoms. The van der Waals surface area contributed by atoms with Crippen molar-refractivity contribution in [3.8, 4) is 0 Å². The third-order valence-corrected chi connectivity index (χ3v) is 3.66. The molecular weight excluding hydrogens is 242 g/mol. The molecular formula is C14H21N3O2. The summed E-state index contributed by atoms with van der Waals surface area (Å²) < 4.78 is 0. The quantitative estimate of drug-likeness (QED) is 0.692. The minimum atomic E-state index is -0.128. The lowest BCUT2D eigenvalue weighted by Gasteiger charge is -2.39. The number of amides is 1. The highest BCUT2D eigenvalue weighted by Gasteiger charge is 2.27. The first-order chi connectivity index (χ1) is 9.17. The monoisotopic (exact) mass is 263 g/mol. The first-order valence-corrected chi connectivity index (χ1v) is 6.66. The van der Waals surface area contributed by atoms with Gasteiger partial charge in [0, 0.05) is 25.3 Å². The number of hydrogen-bond acceptors (Lipinski definition) is 4. The number of anilines is 2. The van der Waals surface area contributed by atoms with E-state index in [-0.39, 0.29) is 12.5 Å². The molecule has 0 aliphatic heterocycles. The molecule has 0 unspecified atom stereocenters. The second kappa shape index (κ2) is 5.93. The zero-order chi connectivity index (χ0) is 13.8. The number of hydrogen-bond donors (Lipinski definition) is 3. The van der Waals surface area contributed by atoms with Crippen LogP contribution >= 0.6 is 0 Å². The Morgan fingerprint density at radius 3 is 2.79 bits per heavy atom. The third-order valence-electron chi connectivity index (χ3n) is 3.66. The molecule has 0 aromatic heterocycles. The lowest BCUT2D eigenvalue weighted by atomic mass is 9.90. The maximum atomic E-state index is 11.9. The van der Waals surface area contributed by atoms with Crippen LogP contribution in [0.15, 0.2) is 18.2 Å². The minimum absolute atomic E-state index is 0.0679. The van der Waals surface area contributed by atoms with Crippen molar-refractivity contribution in [3.05, 3.63) is 23.8 Å². The van der Waals surface area contributed by atoms with Crippen molar-refractivity contribution < 1.29 is 9.90 Å². The van der Waals surface area contributed by atoms with Crippen molar-refractivity contribution in [2.24, 2.45) is 0 Å². The second-order valence-corrected chi connectivity index (χ2v) is 4.86. The van der Waals surface area contributed by atoms with E-state index < -0.39 is 0 Å². The van der Waals surface area contributed by atoms with E-state index in [1.165, 1.54) is 6.42 Å². The molecule has 19 heavy (non-hydrogen) atoms. The zero-order valence-electron chi connectivity index (χ0n) is 11.2. The predicted octanol–water partition coefficient (Wildman–Crippen LogP) is 0.980. The zero-order valence-corrected chi connectivity index (χ0v) is 11.2. The van der Waals surface area contributed by atoms with Crippen molar-refractivity contribution in [3.63, 3.8) is 0 Å². The van der Waals surface area contributed by atoms with Gasteiger partial charge in [0.2, 0.25) is 0 Å². The third kappa shape index (κ3) is 2.81. The highest BCUT2D eigenvalue weighted by molar-refractivity contribution is 6.00. The van der Waals surface area contributed by atoms with E-state index in [1.807, 2.05) is 6.07 Å². The fraction of sp³-hybridized carbons (Fsp3) is 0.500. The number of benzene rings is 1. The lowest BCUT2D eigenvalue weighted by Crippen LogP contribution is -2.43. The Morgan fingerprint density at radius 1 is 1.53 bits per heavy atom. The van der Waals surface area contributed by atoms with E-state index in [1.54, 1.807) is 19.2 Å². The molecule has 1 aliphatic rings. The summed E-state index contributed by atoms with van der Waals surface area (Å²) in [5.74, 6) is -0.128. The van der Waals surface area contributed by atoms with Crippen molar-refractivity contribution in [2.45, 2.75) is 25.3 Å². The van der Waals surface area contributed by atoms with Crippen LogP contribution < -0.4 is 16.0 Å². The number of nitrogen functional groups attached to an aromatic ring is 1. The number of carbonyl (C=O) groups excluding carboxylic acids is 1. The van der Waals surface area contributed by atoms with E-state index in [0.29, 0.717) is 23.8 Å². The maximum absolute atomic E-state index is 11.9. The molecule has 0 heterocycles. The first kappa shape index (κ1) is 13.7. The molecule has 0 radical (unpaired) electrons. The Kier molecular flexibility index (Phi) is 4.27. The standard InChI is InChI=1S/C14H21N3O2/c1-16-14(19)12-6-5-10(15)9-13(12)17(7-8-18)11-3-2-4-11/h5-6,9,11,18H,2-4,7-8,15H2,1H3,(H,16,19). The number of nitrogens with one attached hydrogen (secondary N) is 1. The molecule has 0 atom stereocenters. The van der Waals surface area contributed by atoms with Crippen LogP contribution in [0.4, 0.5) is 11.4 Å². The molecule has 1 aromatic rings. The van der Waals surface area contributed by atoms with Crippen LogP contribution in [0.5, 0.6) is 0 Å². The van der Waals surface area contributed by atoms with Crippen LogP contribution in [0.1, 0.15) is 29.6 Å². The largest absolute Gasteiger partial charge is 0.399 e. The SMILES string of the molecule is CNC(=O)c1ccc(N)cc1N(CCO)C1CCC1. The fourth-order valence-corrected chi connectivity index (χ4v) is 2.42. The number of carbonyl (C=O) groups is 1. The molecule has 1 fully saturated rings. The lowest BCUT2D eigenvalue weighted by molar-refractivity contribution is 0.0963. The molecule has 104 valence electrons. The summed E-state index contributed by atoms with van der Waals surface area (Å²) in [6.07, 6.45) is 3.40. The van der Waals surface area contributed by atoms with E-state index in [4.69, 9.17) is 5.73 Å². The Labute approximate surface area is 113 Å². The van der Waals surface area contributed by atoms with Crippen LogP contribution in [-0.4, -0.2) is 37.3 Å². The average Bonchev–Trinajstić information content (AvgIpc) is 2.35. The van der Waals surface area contributed by atoms with Gasteiger partial charge in [-0.1, -0.05) is 0 Å². The van der Waals surface area contributed by atoms with Crippen LogP contribution in [0.2, 0.25) is 0 Å². The Morgan fingerprint density at radius 2 is 2.26 bits per heavy atom. The number of aliphatic hydroxyl groups excluding tert-OH is 1. The van der Waals surface area contributed by atoms with Crippen molar-refractivity contribution in [1.82, 2.24) is 5.32 Å². The maximum Gasteiger partial charge on any atom is 0.253 e. The van der Waals surface area contributed by atoms with Crippen LogP contribution in [0, 0.1) is 0 Å². The van der Waals surface area contributed by atoms with Crippen molar-refractivity contribution in [2.75, 3.05) is 30.8 Å². The summed E-state index contributed by atoms with van der Waals surface area (Å²) in [6.45, 7) is 0.594. The van der Waals surface area contributed by atoms with Gasteiger partial charge in [0.15, 0.2) is 0 Å². The molecule has 4 N–H and O–H groups in total. The molecule has 5 heteroatoms. The fourth-order valence-electron chi connectivity index (χ4n) is 2.42. The summed E-state index contributed by atoms with van der Waals surface area (Å²) in [6, 6.07) is 5.69. The van der Waals surface area contributed by atoms with E-state index in [2.05, 4.69) is 10.2 Å². The van der Waals surface area contributed by atoms with Crippen LogP contribution in [0.25, 0.3) is 0 Å². The normalized spacial score (nSPS) is 14.8. The van der Waals surface area contributed by atoms with Gasteiger partial charge in [0.25, 0.3) is 5.91 Å². The second-order valence-electron chi connectivity index (χ2n) is 4.86. The Balaban J connectivity index is 2.38. The topological polar surface area (TPSA) is 78.6 Å². The summed E-state index contributed by atoms with van der Waals surface area (Å²) in [5.41, 5.74) is 7.90. The van der Waals surface area contributed by atoms with Gasteiger partial charge in [-0.2, -0.15) is 0 Å². The van der Waals surface area contributed by atoms with Crippen LogP contribution in [0.3, 0.4) is 0 Å². The number of nitrogens with two attached hydrogens (primary N) is 1. The molecule has 1 saturated carbocycles. The molecule has 1 amide bonds. The summed E-state index contributed by atoms with van der Waals surface area (Å²) in [7, 11) is 1.61. The van der Waals surface area contributed by atoms with Gasteiger partial charge in [0.1, 0.15) is 0 Å². The summed E-state index contributed by atoms with van der Waals surface area (Å²) >= 11 is 0. The number of nitrogens with zero attached hydrogens (tertiary/aromatic N) is 1. The van der Waals surface area contributed by atoms with Gasteiger partial charge in [-0.25, -0.2) is 0 Å². The summed E-state index contributed by atoms with van der Waals surface area (Å²) in [5, 5.41) is 11.9. The molecule has 0 saturated heterocycles. The van der Waals surface area contributed by atoms with Gasteiger partial charge in [0.05, 0.1) is 17.9 Å². The highest BCUT2D eigenvalue weighted by atomic mass is 16.3. The predicted molar refractivity (Wildman–Crippen MR) is 76.3 cm³/mol. The Bertz CT molecular complexity index is 458. The number of aliphatic hydroxyl groups is 1. The van der Waals surface area contributed by atoms with E-state index in [0.717, 1.165) is 18.5 Å². The van der Waals surface area contributed by atoms with Gasteiger partial charge < -0.3 is 21.1 Å². The first-order valence-electron chi connectivity index (χ1n) is 6.66. The highest BCUT2D eigenvalue weighted by Crippen LogP contribution is 2.32. The van der Waals surface area contributed by atoms with Crippen molar-refractivity contribution in [1.29, 1.82) is 0 Å². The van der Waals surface area contributed by atoms with Gasteiger partial charge in [-0.3, -0.25) is 4.79 Å². The average molecular weight is 263 g/mol.